The predicted molar refractivity (Wildman–Crippen MR) is 101 cm³/mol. The highest BCUT2D eigenvalue weighted by atomic mass is 35.5. The van der Waals surface area contributed by atoms with E-state index in [1.54, 1.807) is 17.0 Å². The van der Waals surface area contributed by atoms with Crippen LogP contribution < -0.4 is 10.1 Å². The molecule has 0 aromatic heterocycles. The summed E-state index contributed by atoms with van der Waals surface area (Å²) in [6, 6.07) is 10.3. The Labute approximate surface area is 166 Å². The quantitative estimate of drug-likeness (QED) is 0.824. The highest BCUT2D eigenvalue weighted by Gasteiger charge is 2.34. The van der Waals surface area contributed by atoms with Gasteiger partial charge in [-0.3, -0.25) is 4.79 Å². The summed E-state index contributed by atoms with van der Waals surface area (Å²) in [5.74, 6) is -0.438. The summed E-state index contributed by atoms with van der Waals surface area (Å²) in [5.41, 5.74) is 0.0618. The minimum atomic E-state index is -4.56. The van der Waals surface area contributed by atoms with Gasteiger partial charge < -0.3 is 15.0 Å². The topological polar surface area (TPSA) is 41.6 Å². The van der Waals surface area contributed by atoms with E-state index >= 15 is 0 Å². The van der Waals surface area contributed by atoms with Crippen LogP contribution in [0.3, 0.4) is 0 Å². The number of benzene rings is 2. The van der Waals surface area contributed by atoms with Gasteiger partial charge >= 0.3 is 6.18 Å². The Kier molecular flexibility index (Phi) is 6.15. The molecule has 28 heavy (non-hydrogen) atoms. The normalized spacial score (nSPS) is 17.5. The second kappa shape index (κ2) is 8.41. The maximum atomic E-state index is 13.2. The highest BCUT2D eigenvalue weighted by Crippen LogP contribution is 2.33. The van der Waals surface area contributed by atoms with Crippen molar-refractivity contribution in [1.29, 1.82) is 0 Å². The molecule has 2 aromatic carbocycles. The first-order valence-corrected chi connectivity index (χ1v) is 9.18. The van der Waals surface area contributed by atoms with Crippen LogP contribution in [0, 0.1) is 0 Å². The molecule has 150 valence electrons. The third-order valence-corrected chi connectivity index (χ3v) is 4.96. The number of halogens is 4. The third-order valence-electron chi connectivity index (χ3n) is 4.71. The smallest absolute Gasteiger partial charge is 0.416 e. The van der Waals surface area contributed by atoms with Crippen molar-refractivity contribution < 1.29 is 22.7 Å². The molecule has 1 unspecified atom stereocenters. The van der Waals surface area contributed by atoms with Gasteiger partial charge in [0.05, 0.1) is 12.7 Å². The first-order chi connectivity index (χ1) is 13.3. The zero-order valence-corrected chi connectivity index (χ0v) is 16.0. The van der Waals surface area contributed by atoms with Crippen LogP contribution in [0.5, 0.6) is 5.75 Å². The minimum absolute atomic E-state index is 0.00237. The summed E-state index contributed by atoms with van der Waals surface area (Å²) in [7, 11) is 1.28. The fourth-order valence-corrected chi connectivity index (χ4v) is 3.40. The Morgan fingerprint density at radius 3 is 2.61 bits per heavy atom. The molecule has 1 amide bonds. The lowest BCUT2D eigenvalue weighted by molar-refractivity contribution is -0.137. The Bertz CT molecular complexity index is 840. The highest BCUT2D eigenvalue weighted by molar-refractivity contribution is 6.30. The molecule has 1 fully saturated rings. The van der Waals surface area contributed by atoms with E-state index in [1.165, 1.54) is 13.2 Å². The lowest BCUT2D eigenvalue weighted by Crippen LogP contribution is -2.54. The second-order valence-corrected chi connectivity index (χ2v) is 7.07. The van der Waals surface area contributed by atoms with Gasteiger partial charge in [-0.1, -0.05) is 23.7 Å². The molecule has 4 nitrogen and oxygen atoms in total. The number of nitrogens with one attached hydrogen (secondary N) is 1. The number of rotatable bonds is 4. The van der Waals surface area contributed by atoms with Crippen LogP contribution in [0.25, 0.3) is 0 Å². The Balaban J connectivity index is 1.87. The van der Waals surface area contributed by atoms with E-state index in [0.717, 1.165) is 17.7 Å². The van der Waals surface area contributed by atoms with Crippen molar-refractivity contribution in [3.63, 3.8) is 0 Å². The number of alkyl halides is 3. The van der Waals surface area contributed by atoms with E-state index in [9.17, 15) is 18.0 Å². The summed E-state index contributed by atoms with van der Waals surface area (Å²) in [4.78, 5) is 14.7. The molecule has 0 aliphatic carbocycles. The zero-order chi connectivity index (χ0) is 20.3. The molecule has 1 aliphatic heterocycles. The van der Waals surface area contributed by atoms with Crippen LogP contribution in [0.2, 0.25) is 5.02 Å². The number of methoxy groups -OCH3 is 1. The largest absolute Gasteiger partial charge is 0.497 e. The van der Waals surface area contributed by atoms with Gasteiger partial charge in [0.2, 0.25) is 0 Å². The number of carbonyl (C=O) groups excluding carboxylic acids is 1. The van der Waals surface area contributed by atoms with Crippen molar-refractivity contribution >= 4 is 17.5 Å². The maximum absolute atomic E-state index is 13.2. The van der Waals surface area contributed by atoms with Gasteiger partial charge in [0.15, 0.2) is 0 Å². The third kappa shape index (κ3) is 4.77. The van der Waals surface area contributed by atoms with Crippen molar-refractivity contribution in [3.8, 4) is 5.75 Å². The van der Waals surface area contributed by atoms with Crippen LogP contribution in [-0.2, 0) is 12.6 Å². The lowest BCUT2D eigenvalue weighted by Gasteiger charge is -2.36. The maximum Gasteiger partial charge on any atom is 0.416 e. The average Bonchev–Trinajstić information content (AvgIpc) is 2.68. The van der Waals surface area contributed by atoms with Gasteiger partial charge in [-0.2, -0.15) is 13.2 Å². The number of piperazine rings is 1. The van der Waals surface area contributed by atoms with E-state index < -0.39 is 17.6 Å². The minimum Gasteiger partial charge on any atom is -0.497 e. The molecule has 0 radical (unpaired) electrons. The Hall–Kier alpha value is -2.25. The van der Waals surface area contributed by atoms with E-state index in [0.29, 0.717) is 31.1 Å². The van der Waals surface area contributed by atoms with Crippen molar-refractivity contribution in [2.24, 2.45) is 0 Å². The zero-order valence-electron chi connectivity index (χ0n) is 15.2. The van der Waals surface area contributed by atoms with Crippen LogP contribution in [-0.4, -0.2) is 43.6 Å². The molecule has 2 aromatic rings. The predicted octanol–water partition coefficient (Wildman–Crippen LogP) is 4.02. The van der Waals surface area contributed by atoms with Gasteiger partial charge in [-0.25, -0.2) is 0 Å². The average molecular weight is 413 g/mol. The molecule has 0 spiro atoms. The molecular formula is C20H20ClF3N2O2. The van der Waals surface area contributed by atoms with Crippen LogP contribution in [0.4, 0.5) is 13.2 Å². The molecule has 1 atom stereocenters. The summed E-state index contributed by atoms with van der Waals surface area (Å²) < 4.78 is 44.5. The molecular weight excluding hydrogens is 393 g/mol. The molecule has 0 saturated carbocycles. The number of hydrogen-bond acceptors (Lipinski definition) is 3. The number of hydrogen-bond donors (Lipinski definition) is 1. The van der Waals surface area contributed by atoms with E-state index in [1.807, 2.05) is 12.1 Å². The van der Waals surface area contributed by atoms with E-state index in [-0.39, 0.29) is 17.4 Å². The molecule has 1 N–H and O–H groups in total. The van der Waals surface area contributed by atoms with Crippen molar-refractivity contribution in [1.82, 2.24) is 10.2 Å². The van der Waals surface area contributed by atoms with E-state index in [4.69, 9.17) is 16.3 Å². The lowest BCUT2D eigenvalue weighted by atomic mass is 10.0. The molecule has 0 bridgehead atoms. The van der Waals surface area contributed by atoms with Crippen LogP contribution in [0.15, 0.2) is 42.5 Å². The number of ether oxygens (including phenoxy) is 1. The van der Waals surface area contributed by atoms with Gasteiger partial charge in [-0.05, 0) is 42.3 Å². The molecule has 1 saturated heterocycles. The van der Waals surface area contributed by atoms with Crippen molar-refractivity contribution in [2.45, 2.75) is 18.6 Å². The molecule has 1 heterocycles. The first-order valence-electron chi connectivity index (χ1n) is 8.80. The number of carbonyl (C=O) groups is 1. The summed E-state index contributed by atoms with van der Waals surface area (Å²) in [6.07, 6.45) is -3.98. The van der Waals surface area contributed by atoms with Crippen LogP contribution in [0.1, 0.15) is 21.5 Å². The number of amides is 1. The van der Waals surface area contributed by atoms with Crippen molar-refractivity contribution in [2.75, 3.05) is 26.7 Å². The van der Waals surface area contributed by atoms with E-state index in [2.05, 4.69) is 5.32 Å². The Morgan fingerprint density at radius 2 is 1.96 bits per heavy atom. The standard InChI is InChI=1S/C20H20ClF3N2O2/c1-28-18-10-14(9-15(11-18)20(22,23)24)19(27)26-7-6-25-12-17(26)8-13-2-4-16(21)5-3-13/h2-5,9-11,17,25H,6-8,12H2,1H3. The Morgan fingerprint density at radius 1 is 1.25 bits per heavy atom. The first kappa shape index (κ1) is 20.5. The van der Waals surface area contributed by atoms with Crippen LogP contribution >= 0.6 is 11.6 Å². The summed E-state index contributed by atoms with van der Waals surface area (Å²) >= 11 is 5.91. The van der Waals surface area contributed by atoms with Gasteiger partial charge in [0, 0.05) is 36.3 Å². The van der Waals surface area contributed by atoms with Gasteiger partial charge in [0.25, 0.3) is 5.91 Å². The van der Waals surface area contributed by atoms with Crippen molar-refractivity contribution in [3.05, 3.63) is 64.2 Å². The monoisotopic (exact) mass is 412 g/mol. The fraction of sp³-hybridized carbons (Fsp3) is 0.350. The molecule has 3 rings (SSSR count). The van der Waals surface area contributed by atoms with Gasteiger partial charge in [0.1, 0.15) is 5.75 Å². The fourth-order valence-electron chi connectivity index (χ4n) is 3.27. The second-order valence-electron chi connectivity index (χ2n) is 6.64. The SMILES string of the molecule is COc1cc(C(=O)N2CCNCC2Cc2ccc(Cl)cc2)cc(C(F)(F)F)c1. The molecule has 8 heteroatoms. The summed E-state index contributed by atoms with van der Waals surface area (Å²) in [5, 5.41) is 3.86. The number of nitrogens with zero attached hydrogens (tertiary/aromatic N) is 1. The molecule has 1 aliphatic rings. The van der Waals surface area contributed by atoms with Gasteiger partial charge in [-0.15, -0.1) is 0 Å². The summed E-state index contributed by atoms with van der Waals surface area (Å²) in [6.45, 7) is 1.55.